The molecule has 18 heavy (non-hydrogen) atoms. The second kappa shape index (κ2) is 9.57. The smallest absolute Gasteiger partial charge is 0.191 e. The SMILES string of the molecule is C=CCNC(=NC)NCC1(CO)CCOCC1.I. The Bertz CT molecular complexity index is 266. The standard InChI is InChI=1S/C12H23N3O2.HI/c1-3-6-14-11(13-2)15-9-12(10-16)4-7-17-8-5-12;/h3,16H,1,4-10H2,2H3,(H2,13,14,15);1H. The van der Waals surface area contributed by atoms with E-state index in [-0.39, 0.29) is 36.0 Å². The number of rotatable bonds is 5. The monoisotopic (exact) mass is 369 g/mol. The number of aliphatic hydroxyl groups is 1. The molecule has 0 bridgehead atoms. The molecule has 0 saturated carbocycles. The molecule has 106 valence electrons. The molecule has 1 rings (SSSR count). The molecule has 0 aromatic rings. The summed E-state index contributed by atoms with van der Waals surface area (Å²) in [4.78, 5) is 4.11. The average molecular weight is 369 g/mol. The van der Waals surface area contributed by atoms with Crippen LogP contribution >= 0.6 is 24.0 Å². The predicted molar refractivity (Wildman–Crippen MR) is 84.5 cm³/mol. The van der Waals surface area contributed by atoms with Crippen LogP contribution in [0.2, 0.25) is 0 Å². The molecule has 0 spiro atoms. The Labute approximate surface area is 126 Å². The Hall–Kier alpha value is -0.340. The van der Waals surface area contributed by atoms with Crippen LogP contribution in [-0.2, 0) is 4.74 Å². The number of nitrogens with one attached hydrogen (secondary N) is 2. The van der Waals surface area contributed by atoms with E-state index < -0.39 is 0 Å². The first-order chi connectivity index (χ1) is 8.26. The maximum atomic E-state index is 9.53. The first-order valence-corrected chi connectivity index (χ1v) is 6.00. The van der Waals surface area contributed by atoms with E-state index in [9.17, 15) is 5.11 Å². The van der Waals surface area contributed by atoms with Crippen LogP contribution in [0.4, 0.5) is 0 Å². The molecule has 0 aliphatic carbocycles. The molecule has 1 saturated heterocycles. The van der Waals surface area contributed by atoms with Gasteiger partial charge in [-0.05, 0) is 12.8 Å². The van der Waals surface area contributed by atoms with Gasteiger partial charge in [-0.2, -0.15) is 0 Å². The molecular formula is C12H24IN3O2. The van der Waals surface area contributed by atoms with Crippen LogP contribution < -0.4 is 10.6 Å². The Balaban J connectivity index is 0.00000289. The summed E-state index contributed by atoms with van der Waals surface area (Å²) in [5, 5.41) is 15.9. The van der Waals surface area contributed by atoms with Gasteiger partial charge in [-0.3, -0.25) is 4.99 Å². The van der Waals surface area contributed by atoms with Gasteiger partial charge in [-0.1, -0.05) is 6.08 Å². The molecular weight excluding hydrogens is 345 g/mol. The first kappa shape index (κ1) is 17.7. The molecule has 6 heteroatoms. The zero-order valence-corrected chi connectivity index (χ0v) is 13.3. The normalized spacial score (nSPS) is 18.7. The minimum atomic E-state index is -0.0793. The third-order valence-electron chi connectivity index (χ3n) is 3.16. The molecule has 1 fully saturated rings. The second-order valence-corrected chi connectivity index (χ2v) is 4.37. The van der Waals surface area contributed by atoms with Crippen molar-refractivity contribution in [3.05, 3.63) is 12.7 Å². The summed E-state index contributed by atoms with van der Waals surface area (Å²) < 4.78 is 5.33. The highest BCUT2D eigenvalue weighted by atomic mass is 127. The van der Waals surface area contributed by atoms with Crippen LogP contribution in [0.3, 0.4) is 0 Å². The third kappa shape index (κ3) is 5.53. The Kier molecular flexibility index (Phi) is 9.39. The van der Waals surface area contributed by atoms with Gasteiger partial charge in [-0.15, -0.1) is 30.6 Å². The van der Waals surface area contributed by atoms with Gasteiger partial charge in [0.2, 0.25) is 0 Å². The van der Waals surface area contributed by atoms with Crippen LogP contribution in [0.1, 0.15) is 12.8 Å². The molecule has 1 aliphatic heterocycles. The lowest BCUT2D eigenvalue weighted by Gasteiger charge is -2.35. The lowest BCUT2D eigenvalue weighted by molar-refractivity contribution is -0.0131. The largest absolute Gasteiger partial charge is 0.396 e. The number of hydrogen-bond donors (Lipinski definition) is 3. The van der Waals surface area contributed by atoms with Crippen molar-refractivity contribution in [2.75, 3.05) is 40.0 Å². The highest BCUT2D eigenvalue weighted by Gasteiger charge is 2.31. The topological polar surface area (TPSA) is 65.9 Å². The van der Waals surface area contributed by atoms with Gasteiger partial charge < -0.3 is 20.5 Å². The van der Waals surface area contributed by atoms with Gasteiger partial charge in [0.15, 0.2) is 5.96 Å². The van der Waals surface area contributed by atoms with Gasteiger partial charge in [0, 0.05) is 38.8 Å². The third-order valence-corrected chi connectivity index (χ3v) is 3.16. The van der Waals surface area contributed by atoms with Crippen LogP contribution in [0.15, 0.2) is 17.6 Å². The fraction of sp³-hybridized carbons (Fsp3) is 0.750. The number of aliphatic imine (C=N–C) groups is 1. The lowest BCUT2D eigenvalue weighted by atomic mass is 9.81. The molecule has 3 N–H and O–H groups in total. The summed E-state index contributed by atoms with van der Waals surface area (Å²) in [6.45, 7) is 6.66. The molecule has 0 aromatic carbocycles. The van der Waals surface area contributed by atoms with Crippen molar-refractivity contribution < 1.29 is 9.84 Å². The fourth-order valence-electron chi connectivity index (χ4n) is 1.86. The number of ether oxygens (including phenoxy) is 1. The van der Waals surface area contributed by atoms with Crippen molar-refractivity contribution in [1.82, 2.24) is 10.6 Å². The predicted octanol–water partition coefficient (Wildman–Crippen LogP) is 0.744. The van der Waals surface area contributed by atoms with Gasteiger partial charge in [-0.25, -0.2) is 0 Å². The summed E-state index contributed by atoms with van der Waals surface area (Å²) >= 11 is 0. The average Bonchev–Trinajstić information content (AvgIpc) is 2.40. The maximum Gasteiger partial charge on any atom is 0.191 e. The van der Waals surface area contributed by atoms with Gasteiger partial charge >= 0.3 is 0 Å². The van der Waals surface area contributed by atoms with Crippen molar-refractivity contribution >= 4 is 29.9 Å². The van der Waals surface area contributed by atoms with E-state index in [0.29, 0.717) is 13.1 Å². The first-order valence-electron chi connectivity index (χ1n) is 6.00. The zero-order chi connectivity index (χ0) is 12.6. The van der Waals surface area contributed by atoms with Crippen LogP contribution in [0.5, 0.6) is 0 Å². The summed E-state index contributed by atoms with van der Waals surface area (Å²) in [6, 6.07) is 0. The Morgan fingerprint density at radius 2 is 2.11 bits per heavy atom. The highest BCUT2D eigenvalue weighted by Crippen LogP contribution is 2.28. The van der Waals surface area contributed by atoms with E-state index in [0.717, 1.165) is 32.0 Å². The van der Waals surface area contributed by atoms with Crippen LogP contribution in [-0.4, -0.2) is 51.0 Å². The molecule has 0 unspecified atom stereocenters. The number of aliphatic hydroxyl groups excluding tert-OH is 1. The number of halogens is 1. The van der Waals surface area contributed by atoms with Gasteiger partial charge in [0.25, 0.3) is 0 Å². The molecule has 1 heterocycles. The quantitative estimate of drug-likeness (QED) is 0.290. The van der Waals surface area contributed by atoms with Crippen molar-refractivity contribution in [2.45, 2.75) is 12.8 Å². The van der Waals surface area contributed by atoms with E-state index in [1.165, 1.54) is 0 Å². The van der Waals surface area contributed by atoms with Crippen LogP contribution in [0.25, 0.3) is 0 Å². The van der Waals surface area contributed by atoms with Crippen molar-refractivity contribution in [2.24, 2.45) is 10.4 Å². The minimum Gasteiger partial charge on any atom is -0.396 e. The lowest BCUT2D eigenvalue weighted by Crippen LogP contribution is -2.47. The molecule has 1 aliphatic rings. The highest BCUT2D eigenvalue weighted by molar-refractivity contribution is 14.0. The van der Waals surface area contributed by atoms with Crippen LogP contribution in [0, 0.1) is 5.41 Å². The summed E-state index contributed by atoms with van der Waals surface area (Å²) in [5.74, 6) is 0.740. The second-order valence-electron chi connectivity index (χ2n) is 4.37. The Morgan fingerprint density at radius 3 is 2.61 bits per heavy atom. The van der Waals surface area contributed by atoms with E-state index in [4.69, 9.17) is 4.74 Å². The molecule has 0 atom stereocenters. The van der Waals surface area contributed by atoms with Gasteiger partial charge in [0.05, 0.1) is 6.61 Å². The molecule has 0 amide bonds. The fourth-order valence-corrected chi connectivity index (χ4v) is 1.86. The maximum absolute atomic E-state index is 9.53. The summed E-state index contributed by atoms with van der Waals surface area (Å²) in [7, 11) is 1.73. The Morgan fingerprint density at radius 1 is 1.44 bits per heavy atom. The summed E-state index contributed by atoms with van der Waals surface area (Å²) in [6.07, 6.45) is 3.55. The van der Waals surface area contributed by atoms with E-state index in [2.05, 4.69) is 22.2 Å². The minimum absolute atomic E-state index is 0. The molecule has 0 radical (unpaired) electrons. The molecule has 5 nitrogen and oxygen atoms in total. The summed E-state index contributed by atoms with van der Waals surface area (Å²) in [5.41, 5.74) is -0.0793. The number of nitrogens with zero attached hydrogens (tertiary/aromatic N) is 1. The zero-order valence-electron chi connectivity index (χ0n) is 10.9. The van der Waals surface area contributed by atoms with Crippen molar-refractivity contribution in [3.8, 4) is 0 Å². The van der Waals surface area contributed by atoms with Crippen molar-refractivity contribution in [1.29, 1.82) is 0 Å². The van der Waals surface area contributed by atoms with E-state index >= 15 is 0 Å². The molecule has 0 aromatic heterocycles. The van der Waals surface area contributed by atoms with E-state index in [1.807, 2.05) is 0 Å². The van der Waals surface area contributed by atoms with E-state index in [1.54, 1.807) is 13.1 Å². The van der Waals surface area contributed by atoms with Crippen molar-refractivity contribution in [3.63, 3.8) is 0 Å². The number of guanidine groups is 1. The number of hydrogen-bond acceptors (Lipinski definition) is 3. The van der Waals surface area contributed by atoms with Gasteiger partial charge in [0.1, 0.15) is 0 Å².